The number of benzene rings is 1. The molecular formula is C16H13ClN4O3S. The number of hydrogen-bond acceptors (Lipinski definition) is 5. The Morgan fingerprint density at radius 2 is 2.08 bits per heavy atom. The van der Waals surface area contributed by atoms with Crippen molar-refractivity contribution in [1.82, 2.24) is 9.78 Å². The van der Waals surface area contributed by atoms with Gasteiger partial charge in [0, 0.05) is 5.38 Å². The molecule has 128 valence electrons. The molecule has 0 bridgehead atoms. The smallest absolute Gasteiger partial charge is 0.348 e. The molecule has 0 saturated heterocycles. The van der Waals surface area contributed by atoms with Crippen LogP contribution in [0.3, 0.4) is 0 Å². The lowest BCUT2D eigenvalue weighted by molar-refractivity contribution is 0.0606. The monoisotopic (exact) mass is 376 g/mol. The highest BCUT2D eigenvalue weighted by atomic mass is 35.5. The maximum atomic E-state index is 12.0. The zero-order valence-corrected chi connectivity index (χ0v) is 14.6. The van der Waals surface area contributed by atoms with Gasteiger partial charge in [-0.3, -0.25) is 0 Å². The van der Waals surface area contributed by atoms with E-state index in [0.29, 0.717) is 27.0 Å². The van der Waals surface area contributed by atoms with Gasteiger partial charge >= 0.3 is 12.0 Å². The predicted molar refractivity (Wildman–Crippen MR) is 96.9 cm³/mol. The lowest BCUT2D eigenvalue weighted by Gasteiger charge is -2.07. The Balaban J connectivity index is 1.67. The van der Waals surface area contributed by atoms with Crippen LogP contribution in [0.2, 0.25) is 5.02 Å². The van der Waals surface area contributed by atoms with Crippen LogP contribution in [0.5, 0.6) is 0 Å². The second kappa shape index (κ2) is 7.37. The maximum absolute atomic E-state index is 12.0. The van der Waals surface area contributed by atoms with Crippen molar-refractivity contribution in [2.24, 2.45) is 0 Å². The number of methoxy groups -OCH3 is 1. The summed E-state index contributed by atoms with van der Waals surface area (Å²) in [7, 11) is 1.33. The lowest BCUT2D eigenvalue weighted by atomic mass is 10.3. The molecule has 2 N–H and O–H groups in total. The van der Waals surface area contributed by atoms with Crippen molar-refractivity contribution in [3.8, 4) is 5.69 Å². The minimum absolute atomic E-state index is 0.402. The number of carbonyl (C=O) groups is 2. The Labute approximate surface area is 152 Å². The highest BCUT2D eigenvalue weighted by Crippen LogP contribution is 2.22. The molecule has 0 aliphatic carbocycles. The molecule has 0 aliphatic heterocycles. The van der Waals surface area contributed by atoms with E-state index in [-0.39, 0.29) is 0 Å². The summed E-state index contributed by atoms with van der Waals surface area (Å²) in [6.07, 6.45) is 3.14. The second-order valence-corrected chi connectivity index (χ2v) is 6.21. The molecular weight excluding hydrogens is 364 g/mol. The first-order chi connectivity index (χ1) is 12.1. The van der Waals surface area contributed by atoms with Gasteiger partial charge in [-0.05, 0) is 18.2 Å². The molecule has 0 aliphatic rings. The molecule has 2 aromatic heterocycles. The van der Waals surface area contributed by atoms with Crippen molar-refractivity contribution >= 4 is 46.3 Å². The summed E-state index contributed by atoms with van der Waals surface area (Å²) >= 11 is 7.25. The van der Waals surface area contributed by atoms with E-state index in [9.17, 15) is 9.59 Å². The molecule has 0 fully saturated rings. The van der Waals surface area contributed by atoms with Gasteiger partial charge in [0.05, 0.1) is 41.6 Å². The topological polar surface area (TPSA) is 85.2 Å². The molecule has 1 aromatic carbocycles. The van der Waals surface area contributed by atoms with Gasteiger partial charge in [-0.15, -0.1) is 11.3 Å². The number of carbonyl (C=O) groups excluding carboxylic acids is 2. The predicted octanol–water partition coefficient (Wildman–Crippen LogP) is 4.02. The fourth-order valence-electron chi connectivity index (χ4n) is 2.03. The third-order valence-corrected chi connectivity index (χ3v) is 4.43. The SMILES string of the molecule is COC(=O)c1cc(-n2cc(NC(=O)Nc3ccccc3Cl)cn2)cs1. The first-order valence-electron chi connectivity index (χ1n) is 7.11. The van der Waals surface area contributed by atoms with Crippen LogP contribution in [-0.4, -0.2) is 28.9 Å². The van der Waals surface area contributed by atoms with E-state index in [1.807, 2.05) is 0 Å². The molecule has 2 heterocycles. The molecule has 0 unspecified atom stereocenters. The fourth-order valence-corrected chi connectivity index (χ4v) is 3.00. The summed E-state index contributed by atoms with van der Waals surface area (Å²) in [4.78, 5) is 24.0. The number of aromatic nitrogens is 2. The van der Waals surface area contributed by atoms with Crippen molar-refractivity contribution < 1.29 is 14.3 Å². The van der Waals surface area contributed by atoms with Gasteiger partial charge in [0.25, 0.3) is 0 Å². The summed E-state index contributed by atoms with van der Waals surface area (Å²) in [5.74, 6) is -0.402. The minimum Gasteiger partial charge on any atom is -0.465 e. The quantitative estimate of drug-likeness (QED) is 0.673. The van der Waals surface area contributed by atoms with E-state index in [1.165, 1.54) is 24.6 Å². The summed E-state index contributed by atoms with van der Waals surface area (Å²) in [5.41, 5.74) is 1.70. The van der Waals surface area contributed by atoms with Crippen LogP contribution in [0.1, 0.15) is 9.67 Å². The Kier molecular flexibility index (Phi) is 5.01. The van der Waals surface area contributed by atoms with E-state index in [1.54, 1.807) is 46.6 Å². The number of esters is 1. The average molecular weight is 377 g/mol. The van der Waals surface area contributed by atoms with E-state index in [2.05, 4.69) is 20.5 Å². The van der Waals surface area contributed by atoms with Crippen LogP contribution in [-0.2, 0) is 4.74 Å². The number of urea groups is 1. The van der Waals surface area contributed by atoms with Crippen LogP contribution < -0.4 is 10.6 Å². The highest BCUT2D eigenvalue weighted by molar-refractivity contribution is 7.12. The first-order valence-corrected chi connectivity index (χ1v) is 8.37. The zero-order valence-electron chi connectivity index (χ0n) is 13.0. The van der Waals surface area contributed by atoms with Gasteiger partial charge in [0.1, 0.15) is 4.88 Å². The fraction of sp³-hybridized carbons (Fsp3) is 0.0625. The largest absolute Gasteiger partial charge is 0.465 e. The van der Waals surface area contributed by atoms with Crippen molar-refractivity contribution in [2.75, 3.05) is 17.7 Å². The summed E-state index contributed by atoms with van der Waals surface area (Å²) in [6, 6.07) is 8.16. The molecule has 0 atom stereocenters. The highest BCUT2D eigenvalue weighted by Gasteiger charge is 2.12. The van der Waals surface area contributed by atoms with Crippen molar-refractivity contribution in [2.45, 2.75) is 0 Å². The molecule has 25 heavy (non-hydrogen) atoms. The number of nitrogens with one attached hydrogen (secondary N) is 2. The third-order valence-electron chi connectivity index (χ3n) is 3.20. The van der Waals surface area contributed by atoms with Crippen LogP contribution in [0.4, 0.5) is 16.2 Å². The van der Waals surface area contributed by atoms with Crippen molar-refractivity contribution in [3.63, 3.8) is 0 Å². The number of halogens is 1. The molecule has 2 amide bonds. The van der Waals surface area contributed by atoms with Gasteiger partial charge in [-0.25, -0.2) is 14.3 Å². The van der Waals surface area contributed by atoms with Crippen LogP contribution in [0, 0.1) is 0 Å². The Morgan fingerprint density at radius 1 is 1.28 bits per heavy atom. The van der Waals surface area contributed by atoms with Crippen LogP contribution >= 0.6 is 22.9 Å². The Bertz CT molecular complexity index is 922. The van der Waals surface area contributed by atoms with E-state index < -0.39 is 12.0 Å². The number of amides is 2. The lowest BCUT2D eigenvalue weighted by Crippen LogP contribution is -2.19. The Hall–Kier alpha value is -2.84. The van der Waals surface area contributed by atoms with Gasteiger partial charge < -0.3 is 15.4 Å². The maximum Gasteiger partial charge on any atom is 0.348 e. The number of para-hydroxylation sites is 1. The van der Waals surface area contributed by atoms with Gasteiger partial charge in [0.15, 0.2) is 0 Å². The van der Waals surface area contributed by atoms with Gasteiger partial charge in [-0.2, -0.15) is 5.10 Å². The second-order valence-electron chi connectivity index (χ2n) is 4.89. The van der Waals surface area contributed by atoms with Gasteiger partial charge in [0.2, 0.25) is 0 Å². The summed E-state index contributed by atoms with van der Waals surface area (Å²) in [5, 5.41) is 11.7. The van der Waals surface area contributed by atoms with E-state index in [0.717, 1.165) is 0 Å². The van der Waals surface area contributed by atoms with E-state index >= 15 is 0 Å². The Morgan fingerprint density at radius 3 is 2.84 bits per heavy atom. The minimum atomic E-state index is -0.437. The molecule has 0 saturated carbocycles. The first kappa shape index (κ1) is 17.0. The van der Waals surface area contributed by atoms with Crippen molar-refractivity contribution in [3.05, 3.63) is 58.0 Å². The van der Waals surface area contributed by atoms with Crippen LogP contribution in [0.15, 0.2) is 48.1 Å². The number of thiophene rings is 1. The molecule has 3 aromatic rings. The van der Waals surface area contributed by atoms with E-state index in [4.69, 9.17) is 11.6 Å². The molecule has 0 radical (unpaired) electrons. The average Bonchev–Trinajstić information content (AvgIpc) is 3.25. The molecule has 3 rings (SSSR count). The van der Waals surface area contributed by atoms with Gasteiger partial charge in [-0.1, -0.05) is 23.7 Å². The molecule has 0 spiro atoms. The van der Waals surface area contributed by atoms with Crippen molar-refractivity contribution in [1.29, 1.82) is 0 Å². The number of nitrogens with zero attached hydrogens (tertiary/aromatic N) is 2. The number of rotatable bonds is 4. The standard InChI is InChI=1S/C16H13ClN4O3S/c1-24-15(22)14-6-11(9-25-14)21-8-10(7-18-21)19-16(23)20-13-5-3-2-4-12(13)17/h2-9H,1H3,(H2,19,20,23). The zero-order chi connectivity index (χ0) is 17.8. The number of hydrogen-bond donors (Lipinski definition) is 2. The molecule has 9 heteroatoms. The number of anilines is 2. The number of ether oxygens (including phenoxy) is 1. The molecule has 7 nitrogen and oxygen atoms in total. The van der Waals surface area contributed by atoms with Crippen LogP contribution in [0.25, 0.3) is 5.69 Å². The third kappa shape index (κ3) is 3.98. The summed E-state index contributed by atoms with van der Waals surface area (Å²) < 4.78 is 6.22. The normalized spacial score (nSPS) is 10.3. The summed E-state index contributed by atoms with van der Waals surface area (Å²) in [6.45, 7) is 0.